The average Bonchev–Trinajstić information content (AvgIpc) is 2.42. The molecule has 0 unspecified atom stereocenters. The second-order valence-corrected chi connectivity index (χ2v) is 4.61. The molecular weight excluding hydrogens is 216 g/mol. The molecule has 0 aliphatic carbocycles. The summed E-state index contributed by atoms with van der Waals surface area (Å²) in [6.07, 6.45) is -1.96. The minimum atomic E-state index is -1.28. The van der Waals surface area contributed by atoms with Crippen LogP contribution in [0.3, 0.4) is 0 Å². The van der Waals surface area contributed by atoms with E-state index in [9.17, 15) is 9.90 Å². The first kappa shape index (κ1) is 11.6. The summed E-state index contributed by atoms with van der Waals surface area (Å²) >= 11 is 0. The molecule has 16 heavy (non-hydrogen) atoms. The van der Waals surface area contributed by atoms with E-state index >= 15 is 0 Å². The molecular formula is C10H16O6. The number of ether oxygens (including phenoxy) is 4. The van der Waals surface area contributed by atoms with Crippen LogP contribution in [0.25, 0.3) is 0 Å². The first-order chi connectivity index (χ1) is 7.37. The first-order valence-corrected chi connectivity index (χ1v) is 5.26. The van der Waals surface area contributed by atoms with Crippen LogP contribution in [0, 0.1) is 5.92 Å². The Hall–Kier alpha value is -0.850. The minimum absolute atomic E-state index is 0.135. The largest absolute Gasteiger partial charge is 0.508 e. The van der Waals surface area contributed by atoms with Crippen molar-refractivity contribution in [1.82, 2.24) is 0 Å². The summed E-state index contributed by atoms with van der Waals surface area (Å²) in [4.78, 5) is 11.0. The fraction of sp³-hybridized carbons (Fsp3) is 0.900. The van der Waals surface area contributed by atoms with E-state index in [0.29, 0.717) is 0 Å². The molecule has 1 N–H and O–H groups in total. The van der Waals surface area contributed by atoms with Crippen molar-refractivity contribution in [1.29, 1.82) is 0 Å². The monoisotopic (exact) mass is 232 g/mol. The molecule has 6 nitrogen and oxygen atoms in total. The molecule has 0 spiro atoms. The second kappa shape index (κ2) is 3.87. The van der Waals surface area contributed by atoms with Crippen molar-refractivity contribution < 1.29 is 28.8 Å². The SMILES string of the molecule is C[C@H]1[C@@H](OC(C)(C)O)O[C@@H]2COC(=O)O[C@H]12. The molecule has 92 valence electrons. The van der Waals surface area contributed by atoms with E-state index in [2.05, 4.69) is 0 Å². The Kier molecular flexibility index (Phi) is 2.81. The molecule has 2 heterocycles. The van der Waals surface area contributed by atoms with Crippen molar-refractivity contribution in [3.8, 4) is 0 Å². The molecule has 0 aromatic carbocycles. The Morgan fingerprint density at radius 2 is 2.19 bits per heavy atom. The van der Waals surface area contributed by atoms with Gasteiger partial charge in [-0.15, -0.1) is 0 Å². The van der Waals surface area contributed by atoms with E-state index in [1.807, 2.05) is 6.92 Å². The lowest BCUT2D eigenvalue weighted by molar-refractivity contribution is -0.278. The normalized spacial score (nSPS) is 38.9. The number of aliphatic hydroxyl groups is 1. The lowest BCUT2D eigenvalue weighted by Crippen LogP contribution is -2.40. The molecule has 6 heteroatoms. The number of hydrogen-bond acceptors (Lipinski definition) is 6. The van der Waals surface area contributed by atoms with Gasteiger partial charge >= 0.3 is 6.16 Å². The Balaban J connectivity index is 2.02. The zero-order valence-corrected chi connectivity index (χ0v) is 9.50. The first-order valence-electron chi connectivity index (χ1n) is 5.26. The fourth-order valence-corrected chi connectivity index (χ4v) is 1.90. The van der Waals surface area contributed by atoms with Gasteiger partial charge in [0.25, 0.3) is 0 Å². The number of rotatable bonds is 2. The molecule has 2 aliphatic heterocycles. The molecule has 0 saturated carbocycles. The van der Waals surface area contributed by atoms with Gasteiger partial charge in [-0.1, -0.05) is 6.92 Å². The molecule has 0 bridgehead atoms. The van der Waals surface area contributed by atoms with Crippen LogP contribution in [-0.2, 0) is 18.9 Å². The highest BCUT2D eigenvalue weighted by Gasteiger charge is 2.49. The summed E-state index contributed by atoms with van der Waals surface area (Å²) in [6, 6.07) is 0. The molecule has 2 saturated heterocycles. The quantitative estimate of drug-likeness (QED) is 0.556. The zero-order chi connectivity index (χ0) is 11.9. The van der Waals surface area contributed by atoms with Crippen molar-refractivity contribution in [3.05, 3.63) is 0 Å². The van der Waals surface area contributed by atoms with Gasteiger partial charge in [-0.2, -0.15) is 0 Å². The second-order valence-electron chi connectivity index (χ2n) is 4.61. The third-order valence-electron chi connectivity index (χ3n) is 2.63. The van der Waals surface area contributed by atoms with Crippen LogP contribution in [0.15, 0.2) is 0 Å². The summed E-state index contributed by atoms with van der Waals surface area (Å²) in [7, 11) is 0. The number of fused-ring (bicyclic) bond motifs is 1. The summed E-state index contributed by atoms with van der Waals surface area (Å²) < 4.78 is 20.6. The van der Waals surface area contributed by atoms with Gasteiger partial charge < -0.3 is 24.1 Å². The van der Waals surface area contributed by atoms with E-state index in [0.717, 1.165) is 0 Å². The maximum Gasteiger partial charge on any atom is 0.508 e. The maximum atomic E-state index is 11.0. The minimum Gasteiger partial charge on any atom is -0.431 e. The Labute approximate surface area is 93.4 Å². The van der Waals surface area contributed by atoms with Crippen LogP contribution in [0.5, 0.6) is 0 Å². The van der Waals surface area contributed by atoms with Crippen molar-refractivity contribution in [2.75, 3.05) is 6.61 Å². The molecule has 0 aromatic heterocycles. The van der Waals surface area contributed by atoms with Gasteiger partial charge in [0.2, 0.25) is 0 Å². The lowest BCUT2D eigenvalue weighted by atomic mass is 10.0. The third kappa shape index (κ3) is 2.28. The Morgan fingerprint density at radius 3 is 2.81 bits per heavy atom. The van der Waals surface area contributed by atoms with Crippen LogP contribution in [0.1, 0.15) is 20.8 Å². The summed E-state index contributed by atoms with van der Waals surface area (Å²) in [6.45, 7) is 5.06. The number of cyclic esters (lactones) is 1. The number of hydrogen-bond donors (Lipinski definition) is 1. The summed E-state index contributed by atoms with van der Waals surface area (Å²) in [5.74, 6) is -1.42. The number of carbonyl (C=O) groups excluding carboxylic acids is 1. The van der Waals surface area contributed by atoms with Gasteiger partial charge in [-0.3, -0.25) is 0 Å². The van der Waals surface area contributed by atoms with Crippen molar-refractivity contribution in [3.63, 3.8) is 0 Å². The topological polar surface area (TPSA) is 74.2 Å². The van der Waals surface area contributed by atoms with E-state index in [-0.39, 0.29) is 24.7 Å². The van der Waals surface area contributed by atoms with E-state index in [4.69, 9.17) is 18.9 Å². The number of carbonyl (C=O) groups is 1. The van der Waals surface area contributed by atoms with Gasteiger partial charge in [0.05, 0.1) is 0 Å². The van der Waals surface area contributed by atoms with Crippen LogP contribution < -0.4 is 0 Å². The van der Waals surface area contributed by atoms with Gasteiger partial charge in [-0.25, -0.2) is 4.79 Å². The van der Waals surface area contributed by atoms with Gasteiger partial charge in [-0.05, 0) is 13.8 Å². The highest BCUT2D eigenvalue weighted by Crippen LogP contribution is 2.34. The molecule has 2 aliphatic rings. The predicted octanol–water partition coefficient (Wildman–Crippen LogP) is 0.628. The van der Waals surface area contributed by atoms with Crippen LogP contribution in [-0.4, -0.2) is 42.2 Å². The molecule has 2 fully saturated rings. The molecule has 0 amide bonds. The summed E-state index contributed by atoms with van der Waals surface area (Å²) in [5.41, 5.74) is 0. The molecule has 4 atom stereocenters. The van der Waals surface area contributed by atoms with Crippen LogP contribution >= 0.6 is 0 Å². The Morgan fingerprint density at radius 1 is 1.50 bits per heavy atom. The van der Waals surface area contributed by atoms with Crippen molar-refractivity contribution in [2.45, 2.75) is 45.1 Å². The van der Waals surface area contributed by atoms with Crippen LogP contribution in [0.4, 0.5) is 4.79 Å². The fourth-order valence-electron chi connectivity index (χ4n) is 1.90. The van der Waals surface area contributed by atoms with Crippen LogP contribution in [0.2, 0.25) is 0 Å². The Bertz CT molecular complexity index is 284. The molecule has 2 rings (SSSR count). The third-order valence-corrected chi connectivity index (χ3v) is 2.63. The highest BCUT2D eigenvalue weighted by molar-refractivity contribution is 5.61. The zero-order valence-electron chi connectivity index (χ0n) is 9.50. The maximum absolute atomic E-state index is 11.0. The van der Waals surface area contributed by atoms with E-state index in [1.54, 1.807) is 0 Å². The smallest absolute Gasteiger partial charge is 0.431 e. The van der Waals surface area contributed by atoms with Crippen molar-refractivity contribution >= 4 is 6.16 Å². The standard InChI is InChI=1S/C10H16O6/c1-5-7-6(4-13-9(11)15-7)14-8(5)16-10(2,3)12/h5-8,12H,4H2,1-3H3/t5-,6-,7-,8-/m1/s1. The van der Waals surface area contributed by atoms with E-state index < -0.39 is 18.2 Å². The van der Waals surface area contributed by atoms with Gasteiger partial charge in [0.15, 0.2) is 12.1 Å². The lowest BCUT2D eigenvalue weighted by Gasteiger charge is -2.26. The predicted molar refractivity (Wildman–Crippen MR) is 51.4 cm³/mol. The average molecular weight is 232 g/mol. The van der Waals surface area contributed by atoms with Crippen molar-refractivity contribution in [2.24, 2.45) is 5.92 Å². The highest BCUT2D eigenvalue weighted by atomic mass is 16.8. The van der Waals surface area contributed by atoms with Gasteiger partial charge in [0, 0.05) is 5.92 Å². The molecule has 0 radical (unpaired) electrons. The molecule has 0 aromatic rings. The van der Waals surface area contributed by atoms with Gasteiger partial charge in [0.1, 0.15) is 18.8 Å². The summed E-state index contributed by atoms with van der Waals surface area (Å²) in [5, 5.41) is 9.54. The van der Waals surface area contributed by atoms with E-state index in [1.165, 1.54) is 13.8 Å².